The van der Waals surface area contributed by atoms with Crippen molar-refractivity contribution >= 4 is 29.1 Å². The van der Waals surface area contributed by atoms with Gasteiger partial charge in [0, 0.05) is 42.0 Å². The topological polar surface area (TPSA) is 15.9 Å². The predicted molar refractivity (Wildman–Crippen MR) is 131 cm³/mol. The van der Waals surface area contributed by atoms with Crippen LogP contribution in [0.1, 0.15) is 57.8 Å². The van der Waals surface area contributed by atoms with Crippen LogP contribution < -0.4 is 10.7 Å². The van der Waals surface area contributed by atoms with Crippen LogP contribution in [0, 0.1) is 5.92 Å². The van der Waals surface area contributed by atoms with E-state index in [-0.39, 0.29) is 0 Å². The first-order chi connectivity index (χ1) is 16.2. The van der Waals surface area contributed by atoms with Gasteiger partial charge in [0.25, 0.3) is 0 Å². The Bertz CT molecular complexity index is 1630. The number of aromatic nitrogens is 2. The molecule has 0 aliphatic carbocycles. The molecule has 0 N–H and O–H groups in total. The van der Waals surface area contributed by atoms with Crippen molar-refractivity contribution in [2.75, 3.05) is 0 Å². The number of hydrogen-bond acceptors (Lipinski definition) is 0. The summed E-state index contributed by atoms with van der Waals surface area (Å²) in [6.45, 7) is 6.93. The van der Waals surface area contributed by atoms with E-state index < -0.39 is 5.91 Å². The molecule has 1 atom stereocenters. The van der Waals surface area contributed by atoms with Crippen LogP contribution in [-0.2, 0) is 5.91 Å². The summed E-state index contributed by atoms with van der Waals surface area (Å²) in [5.41, 5.74) is 10.8. The monoisotopic (exact) mass is 432 g/mol. The van der Waals surface area contributed by atoms with Gasteiger partial charge in [0.15, 0.2) is 0 Å². The Balaban J connectivity index is 1.61. The summed E-state index contributed by atoms with van der Waals surface area (Å²) in [5.74, 6) is 0.100. The van der Waals surface area contributed by atoms with Gasteiger partial charge >= 0.3 is 5.91 Å². The van der Waals surface area contributed by atoms with Crippen molar-refractivity contribution in [2.24, 2.45) is 5.92 Å². The van der Waals surface area contributed by atoms with Crippen molar-refractivity contribution < 1.29 is 9.15 Å². The normalized spacial score (nSPS) is 24.2. The van der Waals surface area contributed by atoms with Gasteiger partial charge in [-0.3, -0.25) is 0 Å². The fraction of sp³-hybridized carbons (Fsp3) is 0.310. The fourth-order valence-corrected chi connectivity index (χ4v) is 7.32. The Kier molecular flexibility index (Phi) is 3.14. The minimum Gasteiger partial charge on any atom is -0.199 e. The molecule has 2 aromatic heterocycles. The number of nitrogens with zero attached hydrogens (tertiary/aromatic N) is 4. The Labute approximate surface area is 193 Å². The summed E-state index contributed by atoms with van der Waals surface area (Å²) >= 11 is 0. The zero-order valence-electron chi connectivity index (χ0n) is 19.5. The standard InChI is InChI=1S/C29H28N4/c1-4-6-19(7-5-2)28-26-14-10-22-16-20-8-12-24-18(3)25-13-9-21-17-23-11-15-27(28)33(23)29(30(20)24,31(21)25)32(22)26/h8-17,19H,4-7H2,1-3H3/q+2. The molecule has 1 unspecified atom stereocenters. The SMILES string of the molecule is CCCC(CCC)C1=c2ccc3n2C24n5c(ccc51)C=C1C=CC(=[N+]12)C(C)=C1C=CC(=[N+]14)C=3. The van der Waals surface area contributed by atoms with E-state index in [9.17, 15) is 0 Å². The van der Waals surface area contributed by atoms with E-state index in [1.807, 2.05) is 0 Å². The average Bonchev–Trinajstić information content (AvgIpc) is 3.59. The van der Waals surface area contributed by atoms with Crippen LogP contribution >= 0.6 is 0 Å². The highest BCUT2D eigenvalue weighted by atomic mass is 15.6. The maximum Gasteiger partial charge on any atom is 0.553 e. The summed E-state index contributed by atoms with van der Waals surface area (Å²) in [4.78, 5) is 0. The third-order valence-corrected chi connectivity index (χ3v) is 8.44. The van der Waals surface area contributed by atoms with Crippen molar-refractivity contribution in [3.05, 3.63) is 87.6 Å². The second-order valence-corrected chi connectivity index (χ2v) is 10.1. The minimum atomic E-state index is -0.472. The number of rotatable bonds is 5. The van der Waals surface area contributed by atoms with Crippen molar-refractivity contribution in [2.45, 2.75) is 52.4 Å². The molecule has 0 saturated carbocycles. The highest BCUT2D eigenvalue weighted by Gasteiger charge is 2.71. The van der Waals surface area contributed by atoms with E-state index in [4.69, 9.17) is 0 Å². The zero-order chi connectivity index (χ0) is 22.1. The number of hydrogen-bond donors (Lipinski definition) is 0. The third-order valence-electron chi connectivity index (χ3n) is 8.44. The van der Waals surface area contributed by atoms with Crippen LogP contribution in [0.4, 0.5) is 0 Å². The lowest BCUT2D eigenvalue weighted by Gasteiger charge is -2.40. The summed E-state index contributed by atoms with van der Waals surface area (Å²) in [6.07, 6.45) is 18.9. The first-order valence-electron chi connectivity index (χ1n) is 12.5. The largest absolute Gasteiger partial charge is 0.553 e. The van der Waals surface area contributed by atoms with Gasteiger partial charge in [-0.1, -0.05) is 35.8 Å². The van der Waals surface area contributed by atoms with Crippen LogP contribution in [-0.4, -0.2) is 29.7 Å². The van der Waals surface area contributed by atoms with Gasteiger partial charge in [-0.05, 0) is 49.9 Å². The van der Waals surface area contributed by atoms with Gasteiger partial charge in [0.1, 0.15) is 0 Å². The fourth-order valence-electron chi connectivity index (χ4n) is 7.32. The van der Waals surface area contributed by atoms with E-state index in [0.717, 1.165) is 0 Å². The molecule has 0 radical (unpaired) electrons. The minimum absolute atomic E-state index is 0.472. The van der Waals surface area contributed by atoms with Gasteiger partial charge in [-0.15, -0.1) is 0 Å². The van der Waals surface area contributed by atoms with Gasteiger partial charge in [-0.25, -0.2) is 0 Å². The maximum absolute atomic E-state index is 2.64. The molecule has 6 aliphatic heterocycles. The van der Waals surface area contributed by atoms with Gasteiger partial charge in [0.05, 0.1) is 27.7 Å². The highest BCUT2D eigenvalue weighted by Crippen LogP contribution is 2.47. The maximum atomic E-state index is 2.64. The summed E-state index contributed by atoms with van der Waals surface area (Å²) < 4.78 is 10.4. The number of allylic oxidation sites excluding steroid dienone is 5. The van der Waals surface area contributed by atoms with E-state index in [1.165, 1.54) is 81.7 Å². The predicted octanol–water partition coefficient (Wildman–Crippen LogP) is 3.62. The molecule has 8 heterocycles. The van der Waals surface area contributed by atoms with E-state index in [2.05, 4.69) is 99.8 Å². The molecule has 4 nitrogen and oxygen atoms in total. The molecule has 0 amide bonds. The summed E-state index contributed by atoms with van der Waals surface area (Å²) in [7, 11) is 0. The first kappa shape index (κ1) is 18.1. The molecule has 1 spiro atoms. The second-order valence-electron chi connectivity index (χ2n) is 10.1. The lowest BCUT2D eigenvalue weighted by atomic mass is 9.87. The molecule has 6 aliphatic rings. The molecule has 162 valence electrons. The van der Waals surface area contributed by atoms with Gasteiger partial charge in [-0.2, -0.15) is 9.13 Å². The first-order valence-corrected chi connectivity index (χ1v) is 12.5. The van der Waals surface area contributed by atoms with Crippen LogP contribution in [0.5, 0.6) is 0 Å². The van der Waals surface area contributed by atoms with E-state index in [1.54, 1.807) is 0 Å². The van der Waals surface area contributed by atoms with Crippen molar-refractivity contribution in [1.29, 1.82) is 0 Å². The quantitative estimate of drug-likeness (QED) is 0.642. The molecule has 0 bridgehead atoms. The molecule has 0 saturated heterocycles. The van der Waals surface area contributed by atoms with Crippen LogP contribution in [0.3, 0.4) is 0 Å². The molecule has 8 rings (SSSR count). The van der Waals surface area contributed by atoms with Crippen LogP contribution in [0.15, 0.2) is 65.5 Å². The Morgan fingerprint density at radius 3 is 2.55 bits per heavy atom. The Morgan fingerprint density at radius 2 is 1.73 bits per heavy atom. The summed E-state index contributed by atoms with van der Waals surface area (Å²) in [5, 5.41) is 2.69. The van der Waals surface area contributed by atoms with Crippen molar-refractivity contribution in [3.8, 4) is 0 Å². The van der Waals surface area contributed by atoms with Crippen LogP contribution in [0.2, 0.25) is 0 Å². The highest BCUT2D eigenvalue weighted by molar-refractivity contribution is 6.17. The van der Waals surface area contributed by atoms with Crippen molar-refractivity contribution in [1.82, 2.24) is 9.13 Å². The zero-order valence-corrected chi connectivity index (χ0v) is 19.5. The van der Waals surface area contributed by atoms with E-state index in [0.29, 0.717) is 5.92 Å². The smallest absolute Gasteiger partial charge is 0.199 e. The molecule has 2 aromatic rings. The Hall–Kier alpha value is -3.40. The lowest BCUT2D eigenvalue weighted by molar-refractivity contribution is -0.836. The second kappa shape index (κ2) is 5.74. The lowest BCUT2D eigenvalue weighted by Crippen LogP contribution is -2.70. The molecular formula is C29H28N4+2. The summed E-state index contributed by atoms with van der Waals surface area (Å²) in [6, 6.07) is 9.47. The van der Waals surface area contributed by atoms with Crippen molar-refractivity contribution in [3.63, 3.8) is 0 Å². The van der Waals surface area contributed by atoms with Gasteiger partial charge < -0.3 is 0 Å². The molecular weight excluding hydrogens is 404 g/mol. The molecule has 33 heavy (non-hydrogen) atoms. The molecule has 0 aromatic carbocycles. The molecule has 4 heteroatoms. The third kappa shape index (κ3) is 1.78. The Morgan fingerprint density at radius 1 is 0.879 bits per heavy atom. The van der Waals surface area contributed by atoms with Crippen LogP contribution in [0.25, 0.3) is 17.7 Å². The molecule has 0 fully saturated rings. The van der Waals surface area contributed by atoms with E-state index >= 15 is 0 Å². The average molecular weight is 433 g/mol. The van der Waals surface area contributed by atoms with Gasteiger partial charge in [0.2, 0.25) is 22.8 Å².